The van der Waals surface area contributed by atoms with Gasteiger partial charge in [-0.2, -0.15) is 0 Å². The van der Waals surface area contributed by atoms with Crippen molar-refractivity contribution in [3.8, 4) is 11.8 Å². The van der Waals surface area contributed by atoms with Gasteiger partial charge in [-0.3, -0.25) is 4.79 Å². The first kappa shape index (κ1) is 5.90. The van der Waals surface area contributed by atoms with Crippen molar-refractivity contribution in [3.05, 3.63) is 11.6 Å². The Hall–Kier alpha value is -1.23. The maximum Gasteiger partial charge on any atom is 0.245 e. The lowest BCUT2D eigenvalue weighted by Crippen LogP contribution is -2.14. The first-order chi connectivity index (χ1) is 4.30. The van der Waals surface area contributed by atoms with Gasteiger partial charge in [-0.05, 0) is 12.5 Å². The maximum atomic E-state index is 10.4. The lowest BCUT2D eigenvalue weighted by Gasteiger charge is -1.99. The molecular formula is C7H7NO. The van der Waals surface area contributed by atoms with E-state index in [1.54, 1.807) is 6.08 Å². The SMILES string of the molecule is NC(=O)C1=CC#CCC1. The molecule has 0 aromatic carbocycles. The minimum absolute atomic E-state index is 0.344. The van der Waals surface area contributed by atoms with E-state index in [0.29, 0.717) is 12.0 Å². The van der Waals surface area contributed by atoms with Gasteiger partial charge in [0.05, 0.1) is 0 Å². The summed E-state index contributed by atoms with van der Waals surface area (Å²) in [5, 5.41) is 0. The molecule has 0 aromatic rings. The zero-order valence-corrected chi connectivity index (χ0v) is 4.98. The van der Waals surface area contributed by atoms with Gasteiger partial charge in [0.25, 0.3) is 0 Å². The second-order valence-corrected chi connectivity index (χ2v) is 1.85. The van der Waals surface area contributed by atoms with Crippen molar-refractivity contribution < 1.29 is 4.79 Å². The molecule has 0 fully saturated rings. The van der Waals surface area contributed by atoms with Crippen LogP contribution in [0.15, 0.2) is 11.6 Å². The number of amides is 1. The average Bonchev–Trinajstić information content (AvgIpc) is 1.90. The monoisotopic (exact) mass is 121 g/mol. The number of hydrogen-bond acceptors (Lipinski definition) is 1. The topological polar surface area (TPSA) is 43.1 Å². The molecule has 1 aliphatic rings. The molecule has 0 heterocycles. The molecule has 0 saturated heterocycles. The van der Waals surface area contributed by atoms with Crippen molar-refractivity contribution in [2.45, 2.75) is 12.8 Å². The van der Waals surface area contributed by atoms with Crippen LogP contribution in [-0.4, -0.2) is 5.91 Å². The third-order valence-corrected chi connectivity index (χ3v) is 1.18. The quantitative estimate of drug-likeness (QED) is 0.494. The minimum atomic E-state index is -0.344. The van der Waals surface area contributed by atoms with E-state index in [1.807, 2.05) is 0 Å². The first-order valence-electron chi connectivity index (χ1n) is 2.78. The van der Waals surface area contributed by atoms with Crippen LogP contribution in [0.25, 0.3) is 0 Å². The lowest BCUT2D eigenvalue weighted by atomic mass is 10.1. The highest BCUT2D eigenvalue weighted by Crippen LogP contribution is 2.05. The highest BCUT2D eigenvalue weighted by molar-refractivity contribution is 5.92. The third kappa shape index (κ3) is 1.33. The second kappa shape index (κ2) is 2.36. The first-order valence-corrected chi connectivity index (χ1v) is 2.78. The van der Waals surface area contributed by atoms with Gasteiger partial charge < -0.3 is 5.73 Å². The van der Waals surface area contributed by atoms with E-state index >= 15 is 0 Å². The van der Waals surface area contributed by atoms with Gasteiger partial charge in [-0.1, -0.05) is 11.8 Å². The van der Waals surface area contributed by atoms with Crippen molar-refractivity contribution in [1.29, 1.82) is 0 Å². The van der Waals surface area contributed by atoms with Crippen LogP contribution in [0.4, 0.5) is 0 Å². The number of primary amides is 1. The molecule has 2 N–H and O–H groups in total. The average molecular weight is 121 g/mol. The van der Waals surface area contributed by atoms with Crippen LogP contribution in [-0.2, 0) is 4.79 Å². The Morgan fingerprint density at radius 2 is 2.56 bits per heavy atom. The van der Waals surface area contributed by atoms with Crippen LogP contribution in [0.1, 0.15) is 12.8 Å². The molecule has 2 nitrogen and oxygen atoms in total. The molecule has 46 valence electrons. The molecule has 2 heteroatoms. The smallest absolute Gasteiger partial charge is 0.245 e. The molecule has 1 rings (SSSR count). The molecule has 0 saturated carbocycles. The second-order valence-electron chi connectivity index (χ2n) is 1.85. The van der Waals surface area contributed by atoms with E-state index in [-0.39, 0.29) is 5.91 Å². The maximum absolute atomic E-state index is 10.4. The molecule has 1 aliphatic carbocycles. The summed E-state index contributed by atoms with van der Waals surface area (Å²) in [5.41, 5.74) is 5.64. The fraction of sp³-hybridized carbons (Fsp3) is 0.286. The third-order valence-electron chi connectivity index (χ3n) is 1.18. The van der Waals surface area contributed by atoms with E-state index in [0.717, 1.165) is 6.42 Å². The molecule has 0 radical (unpaired) electrons. The molecular weight excluding hydrogens is 114 g/mol. The fourth-order valence-electron chi connectivity index (χ4n) is 0.674. The van der Waals surface area contributed by atoms with E-state index in [1.165, 1.54) is 0 Å². The predicted molar refractivity (Wildman–Crippen MR) is 34.3 cm³/mol. The van der Waals surface area contributed by atoms with E-state index in [4.69, 9.17) is 5.73 Å². The molecule has 9 heavy (non-hydrogen) atoms. The molecule has 0 aromatic heterocycles. The molecule has 0 spiro atoms. The Labute approximate surface area is 53.7 Å². The molecule has 1 amide bonds. The Balaban J connectivity index is 2.74. The normalized spacial score (nSPS) is 15.3. The molecule has 0 aliphatic heterocycles. The lowest BCUT2D eigenvalue weighted by molar-refractivity contribution is -0.114. The summed E-state index contributed by atoms with van der Waals surface area (Å²) in [6.07, 6.45) is 3.06. The summed E-state index contributed by atoms with van der Waals surface area (Å²) >= 11 is 0. The number of allylic oxidation sites excluding steroid dienone is 1. The van der Waals surface area contributed by atoms with Crippen LogP contribution in [0.5, 0.6) is 0 Å². The highest BCUT2D eigenvalue weighted by Gasteiger charge is 2.03. The van der Waals surface area contributed by atoms with Crippen molar-refractivity contribution in [1.82, 2.24) is 0 Å². The van der Waals surface area contributed by atoms with Crippen molar-refractivity contribution in [3.63, 3.8) is 0 Å². The van der Waals surface area contributed by atoms with Gasteiger partial charge in [0.15, 0.2) is 0 Å². The number of carbonyl (C=O) groups is 1. The van der Waals surface area contributed by atoms with Crippen LogP contribution < -0.4 is 5.73 Å². The minimum Gasteiger partial charge on any atom is -0.366 e. The van der Waals surface area contributed by atoms with Crippen LogP contribution >= 0.6 is 0 Å². The summed E-state index contributed by atoms with van der Waals surface area (Å²) in [5.74, 6) is 5.20. The van der Waals surface area contributed by atoms with Gasteiger partial charge in [0, 0.05) is 12.0 Å². The zero-order valence-electron chi connectivity index (χ0n) is 4.98. The van der Waals surface area contributed by atoms with E-state index in [2.05, 4.69) is 11.8 Å². The van der Waals surface area contributed by atoms with Gasteiger partial charge in [0.1, 0.15) is 0 Å². The fourth-order valence-corrected chi connectivity index (χ4v) is 0.674. The van der Waals surface area contributed by atoms with Gasteiger partial charge in [0.2, 0.25) is 5.91 Å². The van der Waals surface area contributed by atoms with Gasteiger partial charge in [-0.15, -0.1) is 0 Å². The summed E-state index contributed by atoms with van der Waals surface area (Å²) in [4.78, 5) is 10.4. The Bertz CT molecular complexity index is 217. The summed E-state index contributed by atoms with van der Waals surface area (Å²) < 4.78 is 0. The van der Waals surface area contributed by atoms with Crippen molar-refractivity contribution in [2.24, 2.45) is 5.73 Å². The Kier molecular flexibility index (Phi) is 1.55. The molecule has 0 bridgehead atoms. The standard InChI is InChI=1S/C7H7NO/c8-7(9)6-4-2-1-3-5-6/h5H,2,4H2,(H2,8,9). The largest absolute Gasteiger partial charge is 0.366 e. The number of rotatable bonds is 1. The number of nitrogens with two attached hydrogens (primary N) is 1. The Morgan fingerprint density at radius 3 is 2.89 bits per heavy atom. The number of carbonyl (C=O) groups excluding carboxylic acids is 1. The van der Waals surface area contributed by atoms with Crippen LogP contribution in [0.3, 0.4) is 0 Å². The summed E-state index contributed by atoms with van der Waals surface area (Å²) in [7, 11) is 0. The van der Waals surface area contributed by atoms with Crippen LogP contribution in [0, 0.1) is 11.8 Å². The van der Waals surface area contributed by atoms with Gasteiger partial charge in [-0.25, -0.2) is 0 Å². The summed E-state index contributed by atoms with van der Waals surface area (Å²) in [6.45, 7) is 0. The summed E-state index contributed by atoms with van der Waals surface area (Å²) in [6, 6.07) is 0. The van der Waals surface area contributed by atoms with Crippen LogP contribution in [0.2, 0.25) is 0 Å². The van der Waals surface area contributed by atoms with Crippen molar-refractivity contribution in [2.75, 3.05) is 0 Å². The number of hydrogen-bond donors (Lipinski definition) is 1. The van der Waals surface area contributed by atoms with E-state index < -0.39 is 0 Å². The molecule has 0 unspecified atom stereocenters. The van der Waals surface area contributed by atoms with Crippen molar-refractivity contribution >= 4 is 5.91 Å². The predicted octanol–water partition coefficient (Wildman–Crippen LogP) is 0.195. The molecule has 0 atom stereocenters. The zero-order chi connectivity index (χ0) is 6.69. The van der Waals surface area contributed by atoms with Gasteiger partial charge >= 0.3 is 0 Å². The highest BCUT2D eigenvalue weighted by atomic mass is 16.1. The van der Waals surface area contributed by atoms with E-state index in [9.17, 15) is 4.79 Å². The Morgan fingerprint density at radius 1 is 1.78 bits per heavy atom.